The van der Waals surface area contributed by atoms with Gasteiger partial charge in [0, 0.05) is 29.9 Å². The fourth-order valence-corrected chi connectivity index (χ4v) is 3.35. The number of hydrogen-bond donors (Lipinski definition) is 0. The number of amides is 1. The molecule has 0 aliphatic rings. The molecule has 2 aromatic heterocycles. The molecule has 0 aliphatic heterocycles. The molecule has 3 rings (SSSR count). The Kier molecular flexibility index (Phi) is 5.93. The second-order valence-electron chi connectivity index (χ2n) is 6.49. The largest absolute Gasteiger partial charge is 0.487 e. The molecule has 0 saturated heterocycles. The van der Waals surface area contributed by atoms with E-state index in [1.165, 1.54) is 28.9 Å². The highest BCUT2D eigenvalue weighted by Crippen LogP contribution is 2.31. The quantitative estimate of drug-likeness (QED) is 0.502. The molecular formula is C20H19ClF3N3O. The summed E-state index contributed by atoms with van der Waals surface area (Å²) in [6.45, 7) is 1.43. The summed E-state index contributed by atoms with van der Waals surface area (Å²) in [5, 5.41) is 0.509. The summed E-state index contributed by atoms with van der Waals surface area (Å²) in [4.78, 5) is 16.9. The van der Waals surface area contributed by atoms with Crippen LogP contribution in [0.15, 0.2) is 54.9 Å². The van der Waals surface area contributed by atoms with E-state index in [0.717, 1.165) is 0 Å². The molecule has 4 nitrogen and oxygen atoms in total. The number of imidazole rings is 1. The molecule has 0 fully saturated rings. The summed E-state index contributed by atoms with van der Waals surface area (Å²) in [5.41, 5.74) is 1.05. The number of fused-ring (bicyclic) bond motifs is 1. The first-order valence-electron chi connectivity index (χ1n) is 8.87. The lowest BCUT2D eigenvalue weighted by molar-refractivity contribution is -0.226. The zero-order chi connectivity index (χ0) is 20.3. The zero-order valence-corrected chi connectivity index (χ0v) is 15.9. The van der Waals surface area contributed by atoms with Gasteiger partial charge < -0.3 is 0 Å². The Balaban J connectivity index is 1.96. The van der Waals surface area contributed by atoms with Gasteiger partial charge in [0.05, 0.1) is 0 Å². The normalized spacial score (nSPS) is 12.9. The van der Waals surface area contributed by atoms with Crippen molar-refractivity contribution in [1.29, 1.82) is 0 Å². The molecule has 28 heavy (non-hydrogen) atoms. The zero-order valence-electron chi connectivity index (χ0n) is 15.2. The molecule has 0 radical (unpaired) electrons. The van der Waals surface area contributed by atoms with Crippen molar-refractivity contribution in [2.75, 3.05) is 6.54 Å². The maximum atomic E-state index is 13.8. The van der Waals surface area contributed by atoms with E-state index in [1.54, 1.807) is 30.3 Å². The van der Waals surface area contributed by atoms with Gasteiger partial charge in [-0.25, -0.2) is 9.88 Å². The van der Waals surface area contributed by atoms with Gasteiger partial charge in [0.15, 0.2) is 0 Å². The minimum atomic E-state index is -4.81. The third-order valence-electron chi connectivity index (χ3n) is 4.58. The summed E-state index contributed by atoms with van der Waals surface area (Å²) in [5.74, 6) is -1.57. The summed E-state index contributed by atoms with van der Waals surface area (Å²) >= 11 is 5.89. The van der Waals surface area contributed by atoms with E-state index in [4.69, 9.17) is 11.6 Å². The van der Waals surface area contributed by atoms with Crippen molar-refractivity contribution in [3.63, 3.8) is 0 Å². The number of benzene rings is 1. The number of pyridine rings is 1. The van der Waals surface area contributed by atoms with E-state index in [-0.39, 0.29) is 10.6 Å². The second kappa shape index (κ2) is 8.22. The standard InChI is InChI=1S/C20H19ClF3N3O/c1-2-4-15(14-7-9-16(21)10-8-14)13-27(20(22,23)24)19(28)17-5-3-6-18-25-11-12-26(17)18/h3,5-12,15H,2,4,13H2,1H3. The molecule has 1 unspecified atom stereocenters. The average Bonchev–Trinajstić information content (AvgIpc) is 3.13. The van der Waals surface area contributed by atoms with Crippen LogP contribution in [-0.4, -0.2) is 33.0 Å². The molecule has 0 N–H and O–H groups in total. The van der Waals surface area contributed by atoms with Crippen molar-refractivity contribution in [2.24, 2.45) is 0 Å². The Morgan fingerprint density at radius 1 is 1.21 bits per heavy atom. The number of rotatable bonds is 6. The lowest BCUT2D eigenvalue weighted by atomic mass is 9.94. The van der Waals surface area contributed by atoms with Crippen molar-refractivity contribution >= 4 is 23.2 Å². The maximum absolute atomic E-state index is 13.8. The summed E-state index contributed by atoms with van der Waals surface area (Å²) in [7, 11) is 0. The molecule has 148 valence electrons. The van der Waals surface area contributed by atoms with Crippen LogP contribution in [0, 0.1) is 0 Å². The monoisotopic (exact) mass is 409 g/mol. The molecule has 8 heteroatoms. The summed E-state index contributed by atoms with van der Waals surface area (Å²) < 4.78 is 42.8. The minimum Gasteiger partial charge on any atom is -0.295 e. The SMILES string of the molecule is CCCC(CN(C(=O)c1cccc2nccn12)C(F)(F)F)c1ccc(Cl)cc1. The Morgan fingerprint density at radius 3 is 2.57 bits per heavy atom. The van der Waals surface area contributed by atoms with Crippen LogP contribution in [0.5, 0.6) is 0 Å². The summed E-state index contributed by atoms with van der Waals surface area (Å²) in [6.07, 6.45) is -0.698. The number of nitrogens with zero attached hydrogens (tertiary/aromatic N) is 3. The van der Waals surface area contributed by atoms with E-state index < -0.39 is 24.7 Å². The number of carbonyl (C=O) groups is 1. The Hall–Kier alpha value is -2.54. The predicted molar refractivity (Wildman–Crippen MR) is 101 cm³/mol. The fraction of sp³-hybridized carbons (Fsp3) is 0.300. The molecule has 0 bridgehead atoms. The Bertz CT molecular complexity index is 953. The van der Waals surface area contributed by atoms with Gasteiger partial charge in [-0.05, 0) is 36.2 Å². The van der Waals surface area contributed by atoms with Crippen LogP contribution in [-0.2, 0) is 0 Å². The maximum Gasteiger partial charge on any atom is 0.487 e. The van der Waals surface area contributed by atoms with Crippen LogP contribution in [0.25, 0.3) is 5.65 Å². The van der Waals surface area contributed by atoms with Gasteiger partial charge in [-0.1, -0.05) is 43.1 Å². The van der Waals surface area contributed by atoms with Crippen molar-refractivity contribution in [3.05, 3.63) is 71.1 Å². The first-order chi connectivity index (χ1) is 13.3. The van der Waals surface area contributed by atoms with E-state index in [1.807, 2.05) is 6.92 Å². The second-order valence-corrected chi connectivity index (χ2v) is 6.92. The predicted octanol–water partition coefficient (Wildman–Crippen LogP) is 5.53. The topological polar surface area (TPSA) is 37.6 Å². The Morgan fingerprint density at radius 2 is 1.93 bits per heavy atom. The number of alkyl halides is 3. The van der Waals surface area contributed by atoms with Crippen LogP contribution in [0.4, 0.5) is 13.2 Å². The van der Waals surface area contributed by atoms with Crippen LogP contribution in [0.3, 0.4) is 0 Å². The highest BCUT2D eigenvalue weighted by molar-refractivity contribution is 6.30. The summed E-state index contributed by atoms with van der Waals surface area (Å²) in [6, 6.07) is 11.2. The molecule has 0 saturated carbocycles. The molecular weight excluding hydrogens is 391 g/mol. The van der Waals surface area contributed by atoms with Crippen molar-refractivity contribution in [3.8, 4) is 0 Å². The molecule has 1 atom stereocenters. The van der Waals surface area contributed by atoms with Gasteiger partial charge in [-0.15, -0.1) is 13.2 Å². The molecule has 1 amide bonds. The van der Waals surface area contributed by atoms with Gasteiger partial charge in [-0.3, -0.25) is 9.20 Å². The number of aromatic nitrogens is 2. The highest BCUT2D eigenvalue weighted by atomic mass is 35.5. The minimum absolute atomic E-state index is 0.0172. The first-order valence-corrected chi connectivity index (χ1v) is 9.25. The van der Waals surface area contributed by atoms with Gasteiger partial charge in [0.25, 0.3) is 5.91 Å². The van der Waals surface area contributed by atoms with Crippen LogP contribution in [0.1, 0.15) is 41.7 Å². The molecule has 3 aromatic rings. The average molecular weight is 410 g/mol. The molecule has 1 aromatic carbocycles. The van der Waals surface area contributed by atoms with Crippen molar-refractivity contribution < 1.29 is 18.0 Å². The lowest BCUT2D eigenvalue weighted by Crippen LogP contribution is -2.45. The molecule has 2 heterocycles. The van der Waals surface area contributed by atoms with Gasteiger partial charge in [0.2, 0.25) is 0 Å². The van der Waals surface area contributed by atoms with Crippen molar-refractivity contribution in [1.82, 2.24) is 14.3 Å². The van der Waals surface area contributed by atoms with Crippen LogP contribution < -0.4 is 0 Å². The van der Waals surface area contributed by atoms with Gasteiger partial charge >= 0.3 is 6.30 Å². The molecule has 0 aliphatic carbocycles. The van der Waals surface area contributed by atoms with Crippen LogP contribution >= 0.6 is 11.6 Å². The van der Waals surface area contributed by atoms with Crippen molar-refractivity contribution in [2.45, 2.75) is 32.0 Å². The van der Waals surface area contributed by atoms with E-state index >= 15 is 0 Å². The van der Waals surface area contributed by atoms with E-state index in [9.17, 15) is 18.0 Å². The van der Waals surface area contributed by atoms with E-state index in [0.29, 0.717) is 29.1 Å². The lowest BCUT2D eigenvalue weighted by Gasteiger charge is -2.29. The van der Waals surface area contributed by atoms with Crippen LogP contribution in [0.2, 0.25) is 5.02 Å². The smallest absolute Gasteiger partial charge is 0.295 e. The number of carbonyl (C=O) groups excluding carboxylic acids is 1. The number of halogens is 4. The highest BCUT2D eigenvalue weighted by Gasteiger charge is 2.43. The molecule has 0 spiro atoms. The van der Waals surface area contributed by atoms with Gasteiger partial charge in [0.1, 0.15) is 11.3 Å². The Labute approximate surface area is 165 Å². The van der Waals surface area contributed by atoms with E-state index in [2.05, 4.69) is 4.98 Å². The third kappa shape index (κ3) is 4.30. The number of hydrogen-bond acceptors (Lipinski definition) is 2. The fourth-order valence-electron chi connectivity index (χ4n) is 3.23. The van der Waals surface area contributed by atoms with Gasteiger partial charge in [-0.2, -0.15) is 0 Å². The first kappa shape index (κ1) is 20.2. The third-order valence-corrected chi connectivity index (χ3v) is 4.83.